The zero-order chi connectivity index (χ0) is 15.2. The molecule has 0 aliphatic rings. The van der Waals surface area contributed by atoms with Crippen molar-refractivity contribution in [2.75, 3.05) is 18.6 Å². The first-order valence-electron chi connectivity index (χ1n) is 6.67. The van der Waals surface area contributed by atoms with Gasteiger partial charge in [0.15, 0.2) is 5.13 Å². The lowest BCUT2D eigenvalue weighted by Crippen LogP contribution is -2.37. The Hall–Kier alpha value is -1.31. The average molecular weight is 325 g/mol. The molecule has 5 nitrogen and oxygen atoms in total. The molecule has 7 heteroatoms. The van der Waals surface area contributed by atoms with Crippen molar-refractivity contribution in [3.05, 3.63) is 35.1 Å². The number of thiazole rings is 1. The van der Waals surface area contributed by atoms with Gasteiger partial charge in [0.1, 0.15) is 4.88 Å². The third-order valence-corrected chi connectivity index (χ3v) is 4.86. The van der Waals surface area contributed by atoms with Crippen molar-refractivity contribution in [2.24, 2.45) is 0 Å². The van der Waals surface area contributed by atoms with E-state index in [1.807, 2.05) is 42.3 Å². The van der Waals surface area contributed by atoms with E-state index in [4.69, 9.17) is 0 Å². The first-order chi connectivity index (χ1) is 10.2. The fourth-order valence-corrected chi connectivity index (χ4v) is 3.34. The summed E-state index contributed by atoms with van der Waals surface area (Å²) in [5, 5.41) is 13.0. The third-order valence-electron chi connectivity index (χ3n) is 3.04. The Labute approximate surface area is 132 Å². The number of aliphatic hydroxyl groups is 1. The van der Waals surface area contributed by atoms with E-state index in [-0.39, 0.29) is 18.6 Å². The van der Waals surface area contributed by atoms with Gasteiger partial charge >= 0.3 is 0 Å². The zero-order valence-electron chi connectivity index (χ0n) is 12.1. The lowest BCUT2D eigenvalue weighted by atomic mass is 10.2. The van der Waals surface area contributed by atoms with Crippen molar-refractivity contribution >= 4 is 29.0 Å². The highest BCUT2D eigenvalue weighted by Gasteiger charge is 2.18. The molecule has 0 aromatic carbocycles. The van der Waals surface area contributed by atoms with Crippen molar-refractivity contribution in [1.82, 2.24) is 14.9 Å². The summed E-state index contributed by atoms with van der Waals surface area (Å²) in [6.07, 6.45) is 6.56. The summed E-state index contributed by atoms with van der Waals surface area (Å²) in [7, 11) is 0. The normalized spacial score (nSPS) is 12.3. The molecule has 0 saturated carbocycles. The topological polar surface area (TPSA) is 67.2 Å². The second kappa shape index (κ2) is 7.63. The van der Waals surface area contributed by atoms with Gasteiger partial charge in [0, 0.05) is 12.4 Å². The van der Waals surface area contributed by atoms with Crippen LogP contribution in [0, 0.1) is 6.92 Å². The van der Waals surface area contributed by atoms with E-state index in [1.165, 1.54) is 11.3 Å². The predicted molar refractivity (Wildman–Crippen MR) is 87.5 cm³/mol. The van der Waals surface area contributed by atoms with Crippen molar-refractivity contribution < 1.29 is 9.90 Å². The summed E-state index contributed by atoms with van der Waals surface area (Å²) >= 11 is 3.05. The molecule has 0 spiro atoms. The number of thioether (sulfide) groups is 1. The molecule has 21 heavy (non-hydrogen) atoms. The molecule has 2 aromatic rings. The third kappa shape index (κ3) is 4.09. The maximum absolute atomic E-state index is 12.3. The van der Waals surface area contributed by atoms with E-state index >= 15 is 0 Å². The molecule has 0 fully saturated rings. The summed E-state index contributed by atoms with van der Waals surface area (Å²) in [6.45, 7) is 1.78. The van der Waals surface area contributed by atoms with Crippen LogP contribution in [-0.2, 0) is 0 Å². The van der Waals surface area contributed by atoms with Gasteiger partial charge in [-0.05, 0) is 37.5 Å². The molecular formula is C14H19N3O2S2. The molecule has 0 aliphatic heterocycles. The zero-order valence-corrected chi connectivity index (χ0v) is 13.7. The maximum Gasteiger partial charge on any atom is 0.263 e. The number of rotatable bonds is 7. The van der Waals surface area contributed by atoms with Crippen molar-refractivity contribution in [3.8, 4) is 5.13 Å². The highest BCUT2D eigenvalue weighted by molar-refractivity contribution is 7.98. The largest absolute Gasteiger partial charge is 0.394 e. The molecule has 2 rings (SSSR count). The summed E-state index contributed by atoms with van der Waals surface area (Å²) in [5.41, 5.74) is 0.711. The monoisotopic (exact) mass is 325 g/mol. The summed E-state index contributed by atoms with van der Waals surface area (Å²) in [6, 6.07) is 3.63. The van der Waals surface area contributed by atoms with Crippen molar-refractivity contribution in [2.45, 2.75) is 19.4 Å². The first kappa shape index (κ1) is 16.1. The van der Waals surface area contributed by atoms with Gasteiger partial charge in [0.05, 0.1) is 18.3 Å². The molecule has 2 N–H and O–H groups in total. The molecule has 0 radical (unpaired) electrons. The van der Waals surface area contributed by atoms with Gasteiger partial charge < -0.3 is 15.0 Å². The van der Waals surface area contributed by atoms with Crippen molar-refractivity contribution in [3.63, 3.8) is 0 Å². The number of carbonyl (C=O) groups is 1. The van der Waals surface area contributed by atoms with Gasteiger partial charge in [-0.1, -0.05) is 11.3 Å². The predicted octanol–water partition coefficient (Wildman–Crippen LogP) is 2.09. The van der Waals surface area contributed by atoms with E-state index in [2.05, 4.69) is 10.3 Å². The summed E-state index contributed by atoms with van der Waals surface area (Å²) in [4.78, 5) is 17.3. The van der Waals surface area contributed by atoms with E-state index in [0.29, 0.717) is 10.6 Å². The van der Waals surface area contributed by atoms with Crippen LogP contribution in [0.1, 0.15) is 21.8 Å². The molecule has 1 amide bonds. The Bertz CT molecular complexity index is 581. The van der Waals surface area contributed by atoms with Gasteiger partial charge in [-0.3, -0.25) is 4.79 Å². The first-order valence-corrected chi connectivity index (χ1v) is 8.88. The Morgan fingerprint density at radius 2 is 2.24 bits per heavy atom. The van der Waals surface area contributed by atoms with Gasteiger partial charge in [0.2, 0.25) is 0 Å². The van der Waals surface area contributed by atoms with Gasteiger partial charge in [0.25, 0.3) is 5.91 Å². The number of nitrogens with one attached hydrogen (secondary N) is 1. The number of hydrogen-bond donors (Lipinski definition) is 2. The van der Waals surface area contributed by atoms with Crippen LogP contribution < -0.4 is 5.32 Å². The standard InChI is InChI=1S/C14H19N3O2S2/c1-10-12(13(19)16-11(9-18)5-8-20-2)21-14(15-10)17-6-3-4-7-17/h3-4,6-7,11,18H,5,8-9H2,1-2H3,(H,16,19)/t11-/m1/s1. The van der Waals surface area contributed by atoms with Gasteiger partial charge in [-0.15, -0.1) is 0 Å². The summed E-state index contributed by atoms with van der Waals surface area (Å²) < 4.78 is 1.88. The lowest BCUT2D eigenvalue weighted by molar-refractivity contribution is 0.0918. The fraction of sp³-hybridized carbons (Fsp3) is 0.429. The smallest absolute Gasteiger partial charge is 0.263 e. The number of aromatic nitrogens is 2. The minimum absolute atomic E-state index is 0.0470. The molecule has 0 aliphatic carbocycles. The SMILES string of the molecule is CSCC[C@H](CO)NC(=O)c1sc(-n2cccc2)nc1C. The molecule has 2 aromatic heterocycles. The van der Waals surface area contributed by atoms with E-state index in [9.17, 15) is 9.90 Å². The van der Waals surface area contributed by atoms with Crippen LogP contribution in [0.4, 0.5) is 0 Å². The Kier molecular flexibility index (Phi) is 5.84. The maximum atomic E-state index is 12.3. The Morgan fingerprint density at radius 1 is 1.52 bits per heavy atom. The van der Waals surface area contributed by atoms with E-state index in [1.54, 1.807) is 11.8 Å². The van der Waals surface area contributed by atoms with Gasteiger partial charge in [-0.2, -0.15) is 11.8 Å². The number of aliphatic hydroxyl groups excluding tert-OH is 1. The molecule has 2 heterocycles. The molecular weight excluding hydrogens is 306 g/mol. The Balaban J connectivity index is 2.08. The van der Waals surface area contributed by atoms with Crippen LogP contribution in [0.5, 0.6) is 0 Å². The van der Waals surface area contributed by atoms with Crippen LogP contribution >= 0.6 is 23.1 Å². The second-order valence-corrected chi connectivity index (χ2v) is 6.60. The molecule has 114 valence electrons. The summed E-state index contributed by atoms with van der Waals surface area (Å²) in [5.74, 6) is 0.741. The number of aryl methyl sites for hydroxylation is 1. The quantitative estimate of drug-likeness (QED) is 0.818. The van der Waals surface area contributed by atoms with Crippen LogP contribution in [-0.4, -0.2) is 45.2 Å². The lowest BCUT2D eigenvalue weighted by Gasteiger charge is -2.15. The highest BCUT2D eigenvalue weighted by atomic mass is 32.2. The fourth-order valence-electron chi connectivity index (χ4n) is 1.89. The van der Waals surface area contributed by atoms with Crippen LogP contribution in [0.2, 0.25) is 0 Å². The number of hydrogen-bond acceptors (Lipinski definition) is 5. The number of amides is 1. The Morgan fingerprint density at radius 3 is 2.86 bits per heavy atom. The minimum Gasteiger partial charge on any atom is -0.394 e. The number of nitrogens with zero attached hydrogens (tertiary/aromatic N) is 2. The van der Waals surface area contributed by atoms with Gasteiger partial charge in [-0.25, -0.2) is 4.98 Å². The van der Waals surface area contributed by atoms with Crippen LogP contribution in [0.25, 0.3) is 5.13 Å². The molecule has 1 atom stereocenters. The van der Waals surface area contributed by atoms with E-state index < -0.39 is 0 Å². The highest BCUT2D eigenvalue weighted by Crippen LogP contribution is 2.21. The van der Waals surface area contributed by atoms with Crippen LogP contribution in [0.3, 0.4) is 0 Å². The van der Waals surface area contributed by atoms with Crippen molar-refractivity contribution in [1.29, 1.82) is 0 Å². The minimum atomic E-state index is -0.207. The molecule has 0 saturated heterocycles. The average Bonchev–Trinajstić information content (AvgIpc) is 3.12. The molecule has 0 unspecified atom stereocenters. The van der Waals surface area contributed by atoms with Crippen LogP contribution in [0.15, 0.2) is 24.5 Å². The number of carbonyl (C=O) groups excluding carboxylic acids is 1. The second-order valence-electron chi connectivity index (χ2n) is 4.64. The molecule has 0 bridgehead atoms. The van der Waals surface area contributed by atoms with E-state index in [0.717, 1.165) is 17.3 Å².